The van der Waals surface area contributed by atoms with Gasteiger partial charge in [-0.25, -0.2) is 0 Å². The standard InChI is InChI=1S/C73H124O6/c1-4-7-10-13-16-19-21-23-25-27-29-31-33-34-35-36-37-38-40-41-43-45-47-49-51-54-57-60-63-66-72(75)78-69-70(68-77-71(74)65-62-59-56-53-18-15-12-9-6-3)79-73(76)67-64-61-58-55-52-50-48-46-44-42-39-32-30-28-26-24-22-20-17-14-11-8-5-2/h7,10,16,19,23,25,28-31,34-35,37-38,41,43,47,49,70H,4-6,8-9,11-15,17-18,20-22,24,26-27,32-33,36,39-40,42,44-46,48,50-69H2,1-3H3/b10-7-,19-16-,25-23-,30-28-,31-29-,35-34-,38-37-,43-41-,49-47-. The lowest BCUT2D eigenvalue weighted by Crippen LogP contribution is -2.30. The summed E-state index contributed by atoms with van der Waals surface area (Å²) in [5.41, 5.74) is 0. The van der Waals surface area contributed by atoms with E-state index in [9.17, 15) is 14.4 Å². The molecule has 0 amide bonds. The van der Waals surface area contributed by atoms with Crippen LogP contribution in [0.25, 0.3) is 0 Å². The molecule has 0 fully saturated rings. The summed E-state index contributed by atoms with van der Waals surface area (Å²) in [7, 11) is 0. The average molecular weight is 1100 g/mol. The Hall–Kier alpha value is -3.93. The van der Waals surface area contributed by atoms with E-state index >= 15 is 0 Å². The van der Waals surface area contributed by atoms with Gasteiger partial charge in [0.1, 0.15) is 13.2 Å². The molecule has 0 aromatic heterocycles. The Kier molecular flexibility index (Phi) is 63.3. The third-order valence-corrected chi connectivity index (χ3v) is 14.3. The second-order valence-electron chi connectivity index (χ2n) is 22.0. The molecule has 0 aromatic carbocycles. The van der Waals surface area contributed by atoms with Crippen LogP contribution in [0.5, 0.6) is 0 Å². The van der Waals surface area contributed by atoms with Crippen LogP contribution in [0.15, 0.2) is 109 Å². The molecule has 0 saturated heterocycles. The number of hydrogen-bond donors (Lipinski definition) is 0. The van der Waals surface area contributed by atoms with Crippen molar-refractivity contribution in [1.82, 2.24) is 0 Å². The first-order valence-electron chi connectivity index (χ1n) is 33.4. The van der Waals surface area contributed by atoms with Crippen molar-refractivity contribution >= 4 is 17.9 Å². The third kappa shape index (κ3) is 64.8. The van der Waals surface area contributed by atoms with Crippen molar-refractivity contribution in [3.05, 3.63) is 109 Å². The van der Waals surface area contributed by atoms with Crippen LogP contribution in [0, 0.1) is 0 Å². The quantitative estimate of drug-likeness (QED) is 0.0261. The molecule has 0 heterocycles. The maximum Gasteiger partial charge on any atom is 0.306 e. The van der Waals surface area contributed by atoms with Crippen molar-refractivity contribution in [2.75, 3.05) is 13.2 Å². The highest BCUT2D eigenvalue weighted by Gasteiger charge is 2.19. The number of carbonyl (C=O) groups excluding carboxylic acids is 3. The summed E-state index contributed by atoms with van der Waals surface area (Å²) in [6.45, 7) is 6.51. The second kappa shape index (κ2) is 66.6. The van der Waals surface area contributed by atoms with E-state index in [1.165, 1.54) is 154 Å². The van der Waals surface area contributed by atoms with Crippen molar-refractivity contribution in [1.29, 1.82) is 0 Å². The van der Waals surface area contributed by atoms with Crippen LogP contribution in [-0.2, 0) is 28.6 Å². The van der Waals surface area contributed by atoms with Crippen molar-refractivity contribution < 1.29 is 28.6 Å². The molecular formula is C73H124O6. The van der Waals surface area contributed by atoms with Crippen LogP contribution < -0.4 is 0 Å². The van der Waals surface area contributed by atoms with Crippen LogP contribution in [-0.4, -0.2) is 37.2 Å². The minimum atomic E-state index is -0.789. The minimum absolute atomic E-state index is 0.0848. The number of unbranched alkanes of at least 4 members (excludes halogenated alkanes) is 31. The highest BCUT2D eigenvalue weighted by atomic mass is 16.6. The first-order chi connectivity index (χ1) is 39.0. The molecule has 0 aliphatic heterocycles. The molecule has 0 radical (unpaired) electrons. The monoisotopic (exact) mass is 1100 g/mol. The average Bonchev–Trinajstić information content (AvgIpc) is 3.45. The van der Waals surface area contributed by atoms with Gasteiger partial charge in [0, 0.05) is 19.3 Å². The Morgan fingerprint density at radius 3 is 0.785 bits per heavy atom. The zero-order valence-electron chi connectivity index (χ0n) is 51.9. The van der Waals surface area contributed by atoms with Crippen molar-refractivity contribution in [2.24, 2.45) is 0 Å². The summed E-state index contributed by atoms with van der Waals surface area (Å²) in [5, 5.41) is 0. The number of esters is 3. The molecule has 1 atom stereocenters. The van der Waals surface area contributed by atoms with Crippen LogP contribution in [0.1, 0.15) is 316 Å². The molecule has 0 saturated carbocycles. The van der Waals surface area contributed by atoms with Gasteiger partial charge in [0.25, 0.3) is 0 Å². The Labute approximate surface area is 489 Å². The van der Waals surface area contributed by atoms with Gasteiger partial charge in [0.05, 0.1) is 0 Å². The van der Waals surface area contributed by atoms with E-state index in [0.717, 1.165) is 122 Å². The Balaban J connectivity index is 4.27. The number of ether oxygens (including phenoxy) is 3. The lowest BCUT2D eigenvalue weighted by Gasteiger charge is -2.18. The minimum Gasteiger partial charge on any atom is -0.462 e. The normalized spacial score (nSPS) is 12.8. The number of hydrogen-bond acceptors (Lipinski definition) is 6. The molecule has 0 aliphatic carbocycles. The van der Waals surface area contributed by atoms with Gasteiger partial charge in [-0.05, 0) is 109 Å². The van der Waals surface area contributed by atoms with Crippen LogP contribution in [0.3, 0.4) is 0 Å². The van der Waals surface area contributed by atoms with Crippen molar-refractivity contribution in [2.45, 2.75) is 322 Å². The van der Waals surface area contributed by atoms with E-state index in [0.29, 0.717) is 19.3 Å². The maximum absolute atomic E-state index is 12.9. The lowest BCUT2D eigenvalue weighted by atomic mass is 10.0. The van der Waals surface area contributed by atoms with Gasteiger partial charge >= 0.3 is 17.9 Å². The smallest absolute Gasteiger partial charge is 0.306 e. The predicted octanol–water partition coefficient (Wildman–Crippen LogP) is 23.0. The molecule has 79 heavy (non-hydrogen) atoms. The molecule has 0 rings (SSSR count). The van der Waals surface area contributed by atoms with Crippen molar-refractivity contribution in [3.63, 3.8) is 0 Å². The Morgan fingerprint density at radius 1 is 0.266 bits per heavy atom. The molecule has 1 unspecified atom stereocenters. The van der Waals surface area contributed by atoms with Gasteiger partial charge in [-0.2, -0.15) is 0 Å². The fourth-order valence-corrected chi connectivity index (χ4v) is 9.28. The van der Waals surface area contributed by atoms with Gasteiger partial charge in [-0.1, -0.05) is 297 Å². The highest BCUT2D eigenvalue weighted by Crippen LogP contribution is 2.16. The zero-order chi connectivity index (χ0) is 57.1. The molecule has 0 aliphatic rings. The molecule has 6 nitrogen and oxygen atoms in total. The summed E-state index contributed by atoms with van der Waals surface area (Å²) in [5.74, 6) is -0.906. The lowest BCUT2D eigenvalue weighted by molar-refractivity contribution is -0.167. The number of allylic oxidation sites excluding steroid dienone is 18. The van der Waals surface area contributed by atoms with E-state index in [2.05, 4.69) is 130 Å². The SMILES string of the molecule is CC/C=C\C/C=C\C/C=C\C/C=C\C/C=C\C/C=C\C/C=C\C/C=C\CCCCCCC(=O)OCC(COC(=O)CCCCCCCCCCC)OC(=O)CCCCCCCCCCCCC/C=C\CCCCCCCCCC. The highest BCUT2D eigenvalue weighted by molar-refractivity contribution is 5.71. The fourth-order valence-electron chi connectivity index (χ4n) is 9.28. The molecule has 0 spiro atoms. The van der Waals surface area contributed by atoms with Crippen LogP contribution >= 0.6 is 0 Å². The Bertz CT molecular complexity index is 1590. The Morgan fingerprint density at radius 2 is 0.494 bits per heavy atom. The molecule has 452 valence electrons. The number of carbonyl (C=O) groups is 3. The third-order valence-electron chi connectivity index (χ3n) is 14.3. The van der Waals surface area contributed by atoms with E-state index in [1.807, 2.05) is 0 Å². The van der Waals surface area contributed by atoms with Gasteiger partial charge in [-0.15, -0.1) is 0 Å². The first kappa shape index (κ1) is 75.1. The van der Waals surface area contributed by atoms with Gasteiger partial charge in [0.15, 0.2) is 6.10 Å². The first-order valence-corrected chi connectivity index (χ1v) is 33.4. The van der Waals surface area contributed by atoms with Crippen LogP contribution in [0.4, 0.5) is 0 Å². The van der Waals surface area contributed by atoms with Gasteiger partial charge in [0.2, 0.25) is 0 Å². The summed E-state index contributed by atoms with van der Waals surface area (Å²) >= 11 is 0. The fraction of sp³-hybridized carbons (Fsp3) is 0.712. The summed E-state index contributed by atoms with van der Waals surface area (Å²) in [6.07, 6.45) is 91.1. The largest absolute Gasteiger partial charge is 0.462 e. The molecule has 0 aromatic rings. The van der Waals surface area contributed by atoms with Gasteiger partial charge < -0.3 is 14.2 Å². The van der Waals surface area contributed by atoms with Gasteiger partial charge in [-0.3, -0.25) is 14.4 Å². The van der Waals surface area contributed by atoms with E-state index in [4.69, 9.17) is 14.2 Å². The topological polar surface area (TPSA) is 78.9 Å². The van der Waals surface area contributed by atoms with E-state index in [-0.39, 0.29) is 31.1 Å². The van der Waals surface area contributed by atoms with Crippen LogP contribution in [0.2, 0.25) is 0 Å². The molecule has 0 bridgehead atoms. The summed E-state index contributed by atoms with van der Waals surface area (Å²) in [6, 6.07) is 0. The summed E-state index contributed by atoms with van der Waals surface area (Å²) in [4.78, 5) is 38.2. The van der Waals surface area contributed by atoms with Crippen molar-refractivity contribution in [3.8, 4) is 0 Å². The second-order valence-corrected chi connectivity index (χ2v) is 22.0. The zero-order valence-corrected chi connectivity index (χ0v) is 51.9. The van der Waals surface area contributed by atoms with E-state index in [1.54, 1.807) is 0 Å². The summed E-state index contributed by atoms with van der Waals surface area (Å²) < 4.78 is 16.9. The molecule has 0 N–H and O–H groups in total. The van der Waals surface area contributed by atoms with E-state index < -0.39 is 6.10 Å². The number of rotatable bonds is 60. The molecule has 6 heteroatoms. The maximum atomic E-state index is 12.9. The molecular weight excluding hydrogens is 973 g/mol. The predicted molar refractivity (Wildman–Crippen MR) is 343 cm³/mol.